The molecule has 0 aromatic heterocycles. The van der Waals surface area contributed by atoms with Crippen LogP contribution in [0.1, 0.15) is 31.7 Å². The topological polar surface area (TPSA) is 44.8 Å². The van der Waals surface area contributed by atoms with Gasteiger partial charge in [-0.1, -0.05) is 25.1 Å². The van der Waals surface area contributed by atoms with E-state index in [9.17, 15) is 4.79 Å². The van der Waals surface area contributed by atoms with Gasteiger partial charge in [-0.15, -0.1) is 0 Å². The van der Waals surface area contributed by atoms with Gasteiger partial charge in [0.25, 0.3) is 0 Å². The van der Waals surface area contributed by atoms with E-state index in [0.717, 1.165) is 19.5 Å². The van der Waals surface area contributed by atoms with E-state index in [4.69, 9.17) is 4.74 Å². The number of benzene rings is 1. The van der Waals surface area contributed by atoms with Crippen LogP contribution in [0.4, 0.5) is 10.5 Å². The average Bonchev–Trinajstić information content (AvgIpc) is 3.14. The van der Waals surface area contributed by atoms with Crippen molar-refractivity contribution in [3.63, 3.8) is 0 Å². The lowest BCUT2D eigenvalue weighted by atomic mass is 10.1. The molecule has 2 aliphatic rings. The number of nitrogens with zero attached hydrogens (tertiary/aromatic N) is 2. The lowest BCUT2D eigenvalue weighted by molar-refractivity contribution is -0.0154. The van der Waals surface area contributed by atoms with Gasteiger partial charge in [0, 0.05) is 38.4 Å². The van der Waals surface area contributed by atoms with Crippen LogP contribution in [0.2, 0.25) is 0 Å². The Morgan fingerprint density at radius 1 is 1.26 bits per heavy atom. The summed E-state index contributed by atoms with van der Waals surface area (Å²) in [6.07, 6.45) is 3.63. The summed E-state index contributed by atoms with van der Waals surface area (Å²) in [6, 6.07) is 8.41. The number of para-hydroxylation sites is 1. The highest BCUT2D eigenvalue weighted by atomic mass is 16.5. The second kappa shape index (κ2) is 7.68. The average molecular weight is 317 g/mol. The first-order valence-corrected chi connectivity index (χ1v) is 8.75. The highest BCUT2D eigenvalue weighted by molar-refractivity contribution is 5.74. The Hall–Kier alpha value is -1.75. The Morgan fingerprint density at radius 3 is 2.83 bits per heavy atom. The van der Waals surface area contributed by atoms with Crippen molar-refractivity contribution >= 4 is 11.7 Å². The van der Waals surface area contributed by atoms with Crippen molar-refractivity contribution in [3.05, 3.63) is 29.8 Å². The van der Waals surface area contributed by atoms with Gasteiger partial charge >= 0.3 is 6.03 Å². The molecule has 0 saturated carbocycles. The third-order valence-corrected chi connectivity index (χ3v) is 4.75. The minimum absolute atomic E-state index is 0.0166. The first kappa shape index (κ1) is 16.1. The number of carbonyl (C=O) groups excluding carboxylic acids is 1. The van der Waals surface area contributed by atoms with Gasteiger partial charge in [-0.25, -0.2) is 4.79 Å². The van der Waals surface area contributed by atoms with Crippen LogP contribution in [0.15, 0.2) is 24.3 Å². The number of ether oxygens (including phenoxy) is 1. The normalized spacial score (nSPS) is 21.5. The predicted molar refractivity (Wildman–Crippen MR) is 91.7 cm³/mol. The minimum atomic E-state index is 0.0166. The fourth-order valence-electron chi connectivity index (χ4n) is 3.36. The fraction of sp³-hybridized carbons (Fsp3) is 0.611. The first-order chi connectivity index (χ1) is 11.3. The quantitative estimate of drug-likeness (QED) is 0.928. The summed E-state index contributed by atoms with van der Waals surface area (Å²) in [5.74, 6) is 0. The minimum Gasteiger partial charge on any atom is -0.375 e. The molecular weight excluding hydrogens is 290 g/mol. The molecule has 0 unspecified atom stereocenters. The molecule has 2 fully saturated rings. The Bertz CT molecular complexity index is 529. The van der Waals surface area contributed by atoms with Crippen LogP contribution in [0.3, 0.4) is 0 Å². The van der Waals surface area contributed by atoms with E-state index < -0.39 is 0 Å². The van der Waals surface area contributed by atoms with Crippen molar-refractivity contribution in [2.75, 3.05) is 37.7 Å². The molecule has 0 radical (unpaired) electrons. The zero-order chi connectivity index (χ0) is 16.1. The highest BCUT2D eigenvalue weighted by Gasteiger charge is 2.23. The molecular formula is C18H27N3O2. The van der Waals surface area contributed by atoms with Crippen LogP contribution in [0.25, 0.3) is 0 Å². The molecule has 1 aromatic carbocycles. The Balaban J connectivity index is 1.58. The summed E-state index contributed by atoms with van der Waals surface area (Å²) in [7, 11) is 0. The van der Waals surface area contributed by atoms with Crippen molar-refractivity contribution in [2.24, 2.45) is 0 Å². The van der Waals surface area contributed by atoms with Gasteiger partial charge in [-0.05, 0) is 30.9 Å². The van der Waals surface area contributed by atoms with E-state index in [-0.39, 0.29) is 12.1 Å². The number of nitrogens with one attached hydrogen (secondary N) is 1. The van der Waals surface area contributed by atoms with Crippen molar-refractivity contribution < 1.29 is 9.53 Å². The van der Waals surface area contributed by atoms with Crippen LogP contribution in [0.5, 0.6) is 0 Å². The van der Waals surface area contributed by atoms with Crippen LogP contribution in [-0.4, -0.2) is 49.8 Å². The molecule has 2 aliphatic heterocycles. The molecule has 0 spiro atoms. The third-order valence-electron chi connectivity index (χ3n) is 4.75. The zero-order valence-electron chi connectivity index (χ0n) is 14.0. The third kappa shape index (κ3) is 3.96. The van der Waals surface area contributed by atoms with E-state index in [1.54, 1.807) is 0 Å². The molecule has 126 valence electrons. The molecule has 1 N–H and O–H groups in total. The molecule has 5 heteroatoms. The molecule has 1 atom stereocenters. The van der Waals surface area contributed by atoms with Gasteiger partial charge in [0.05, 0.1) is 12.7 Å². The smallest absolute Gasteiger partial charge is 0.317 e. The zero-order valence-corrected chi connectivity index (χ0v) is 14.0. The fourth-order valence-corrected chi connectivity index (χ4v) is 3.36. The molecule has 3 rings (SSSR count). The number of carbonyl (C=O) groups is 1. The van der Waals surface area contributed by atoms with Gasteiger partial charge in [-0.3, -0.25) is 0 Å². The maximum absolute atomic E-state index is 12.4. The van der Waals surface area contributed by atoms with Gasteiger partial charge in [0.1, 0.15) is 0 Å². The summed E-state index contributed by atoms with van der Waals surface area (Å²) in [6.45, 7) is 6.92. The number of morpholine rings is 1. The largest absolute Gasteiger partial charge is 0.375 e. The molecule has 2 saturated heterocycles. The Morgan fingerprint density at radius 2 is 2.04 bits per heavy atom. The van der Waals surface area contributed by atoms with Gasteiger partial charge in [0.15, 0.2) is 0 Å². The van der Waals surface area contributed by atoms with Crippen LogP contribution in [-0.2, 0) is 11.3 Å². The number of hydrogen-bond donors (Lipinski definition) is 1. The van der Waals surface area contributed by atoms with Crippen LogP contribution < -0.4 is 10.2 Å². The number of amides is 2. The van der Waals surface area contributed by atoms with Gasteiger partial charge in [0.2, 0.25) is 0 Å². The second-order valence-corrected chi connectivity index (χ2v) is 6.33. The summed E-state index contributed by atoms with van der Waals surface area (Å²) < 4.78 is 5.63. The van der Waals surface area contributed by atoms with Gasteiger partial charge < -0.3 is 19.9 Å². The molecule has 5 nitrogen and oxygen atoms in total. The molecule has 2 heterocycles. The van der Waals surface area contributed by atoms with Gasteiger partial charge in [-0.2, -0.15) is 0 Å². The summed E-state index contributed by atoms with van der Waals surface area (Å²) in [4.78, 5) is 16.7. The van der Waals surface area contributed by atoms with Crippen LogP contribution >= 0.6 is 0 Å². The summed E-state index contributed by atoms with van der Waals surface area (Å²) >= 11 is 0. The van der Waals surface area contributed by atoms with E-state index in [2.05, 4.69) is 35.3 Å². The first-order valence-electron chi connectivity index (χ1n) is 8.75. The molecule has 2 amide bonds. The maximum Gasteiger partial charge on any atom is 0.317 e. The molecule has 23 heavy (non-hydrogen) atoms. The second-order valence-electron chi connectivity index (χ2n) is 6.33. The highest BCUT2D eigenvalue weighted by Crippen LogP contribution is 2.24. The lowest BCUT2D eigenvalue weighted by Crippen LogP contribution is -2.49. The standard InChI is InChI=1S/C18H27N3O2/c1-2-16-14-21(11-12-23-16)18(22)19-13-15-7-3-4-8-17(15)20-9-5-6-10-20/h3-4,7-8,16H,2,5-6,9-14H2,1H3,(H,19,22)/t16-/m1/s1. The molecule has 0 aliphatic carbocycles. The monoisotopic (exact) mass is 317 g/mol. The van der Waals surface area contributed by atoms with E-state index in [0.29, 0.717) is 26.2 Å². The van der Waals surface area contributed by atoms with Crippen molar-refractivity contribution in [2.45, 2.75) is 38.8 Å². The van der Waals surface area contributed by atoms with Crippen molar-refractivity contribution in [1.29, 1.82) is 0 Å². The van der Waals surface area contributed by atoms with Crippen molar-refractivity contribution in [3.8, 4) is 0 Å². The maximum atomic E-state index is 12.4. The summed E-state index contributed by atoms with van der Waals surface area (Å²) in [5.41, 5.74) is 2.46. The van der Waals surface area contributed by atoms with Crippen LogP contribution in [0, 0.1) is 0 Å². The van der Waals surface area contributed by atoms with E-state index in [1.807, 2.05) is 11.0 Å². The van der Waals surface area contributed by atoms with E-state index >= 15 is 0 Å². The number of anilines is 1. The molecule has 1 aromatic rings. The summed E-state index contributed by atoms with van der Waals surface area (Å²) in [5, 5.41) is 3.08. The number of urea groups is 1. The number of rotatable bonds is 4. The van der Waals surface area contributed by atoms with E-state index in [1.165, 1.54) is 24.1 Å². The Kier molecular flexibility index (Phi) is 5.39. The number of hydrogen-bond acceptors (Lipinski definition) is 3. The van der Waals surface area contributed by atoms with Crippen molar-refractivity contribution in [1.82, 2.24) is 10.2 Å². The SMILES string of the molecule is CC[C@@H]1CN(C(=O)NCc2ccccc2N2CCCC2)CCO1. The lowest BCUT2D eigenvalue weighted by Gasteiger charge is -2.32. The Labute approximate surface area is 138 Å². The predicted octanol–water partition coefficient (Wildman–Crippen LogP) is 2.61. The molecule has 0 bridgehead atoms.